The molecule has 0 saturated heterocycles. The number of hydrogen-bond donors (Lipinski definition) is 0. The predicted molar refractivity (Wildman–Crippen MR) is 97.7 cm³/mol. The number of benzene rings is 2. The molecular formula is C17H15FN2O3S2. The average molecular weight is 378 g/mol. The summed E-state index contributed by atoms with van der Waals surface area (Å²) in [5.74, 6) is -0.663. The van der Waals surface area contributed by atoms with Gasteiger partial charge in [-0.05, 0) is 31.2 Å². The van der Waals surface area contributed by atoms with Crippen LogP contribution in [0.2, 0.25) is 0 Å². The standard InChI is InChI=1S/C17H15FN2O3S2/c1-12-6-8-13(9-7-12)20-16(21)14-4-2-3-5-15(14)19-17(20)24-10-11-25(18,22)23/h2-9H,10-11H2,1H3. The summed E-state index contributed by atoms with van der Waals surface area (Å²) in [6.45, 7) is 1.94. The zero-order valence-electron chi connectivity index (χ0n) is 13.3. The highest BCUT2D eigenvalue weighted by Gasteiger charge is 2.15. The van der Waals surface area contributed by atoms with E-state index in [1.807, 2.05) is 19.1 Å². The minimum atomic E-state index is -4.57. The number of para-hydroxylation sites is 1. The van der Waals surface area contributed by atoms with Gasteiger partial charge in [0.25, 0.3) is 5.56 Å². The lowest BCUT2D eigenvalue weighted by molar-refractivity contribution is 0.554. The van der Waals surface area contributed by atoms with Crippen molar-refractivity contribution in [3.05, 3.63) is 64.4 Å². The SMILES string of the molecule is Cc1ccc(-n2c(SCCS(=O)(=O)F)nc3ccccc3c2=O)cc1. The Morgan fingerprint density at radius 2 is 1.80 bits per heavy atom. The number of thioether (sulfide) groups is 1. The number of halogens is 1. The van der Waals surface area contributed by atoms with Crippen molar-refractivity contribution in [1.82, 2.24) is 9.55 Å². The molecule has 0 bridgehead atoms. The summed E-state index contributed by atoms with van der Waals surface area (Å²) in [5.41, 5.74) is 1.93. The summed E-state index contributed by atoms with van der Waals surface area (Å²) in [6, 6.07) is 14.3. The van der Waals surface area contributed by atoms with Crippen molar-refractivity contribution in [2.45, 2.75) is 12.1 Å². The minimum absolute atomic E-state index is 0.0323. The summed E-state index contributed by atoms with van der Waals surface area (Å²) in [6.07, 6.45) is 0. The first-order valence-corrected chi connectivity index (χ1v) is 10.0. The van der Waals surface area contributed by atoms with Crippen molar-refractivity contribution in [2.75, 3.05) is 11.5 Å². The number of fused-ring (bicyclic) bond motifs is 1. The molecule has 5 nitrogen and oxygen atoms in total. The van der Waals surface area contributed by atoms with Gasteiger partial charge in [0.1, 0.15) is 0 Å². The van der Waals surface area contributed by atoms with Crippen molar-refractivity contribution < 1.29 is 12.3 Å². The first-order chi connectivity index (χ1) is 11.8. The molecular weight excluding hydrogens is 363 g/mol. The number of aromatic nitrogens is 2. The van der Waals surface area contributed by atoms with E-state index in [9.17, 15) is 17.1 Å². The molecule has 0 fully saturated rings. The Kier molecular flexibility index (Phi) is 4.91. The van der Waals surface area contributed by atoms with Gasteiger partial charge < -0.3 is 0 Å². The van der Waals surface area contributed by atoms with Crippen LogP contribution in [0.4, 0.5) is 3.89 Å². The fraction of sp³-hybridized carbons (Fsp3) is 0.176. The molecule has 2 aromatic carbocycles. The molecule has 25 heavy (non-hydrogen) atoms. The van der Waals surface area contributed by atoms with E-state index >= 15 is 0 Å². The van der Waals surface area contributed by atoms with Crippen LogP contribution in [0.3, 0.4) is 0 Å². The Balaban J connectivity index is 2.14. The van der Waals surface area contributed by atoms with Crippen molar-refractivity contribution in [1.29, 1.82) is 0 Å². The molecule has 0 radical (unpaired) electrons. The number of hydrogen-bond acceptors (Lipinski definition) is 5. The Morgan fingerprint density at radius 1 is 1.12 bits per heavy atom. The van der Waals surface area contributed by atoms with Crippen LogP contribution in [-0.2, 0) is 10.2 Å². The molecule has 0 aliphatic heterocycles. The Labute approximate surface area is 148 Å². The van der Waals surface area contributed by atoms with Crippen LogP contribution in [0.1, 0.15) is 5.56 Å². The van der Waals surface area contributed by atoms with E-state index in [2.05, 4.69) is 4.98 Å². The van der Waals surface area contributed by atoms with Crippen LogP contribution < -0.4 is 5.56 Å². The van der Waals surface area contributed by atoms with Gasteiger partial charge in [0.2, 0.25) is 0 Å². The monoisotopic (exact) mass is 378 g/mol. The second-order valence-electron chi connectivity index (χ2n) is 5.48. The highest BCUT2D eigenvalue weighted by molar-refractivity contribution is 8.00. The zero-order valence-corrected chi connectivity index (χ0v) is 15.0. The fourth-order valence-corrected chi connectivity index (χ4v) is 4.16. The number of aryl methyl sites for hydroxylation is 1. The molecule has 3 rings (SSSR count). The molecule has 0 saturated carbocycles. The normalized spacial score (nSPS) is 11.8. The highest BCUT2D eigenvalue weighted by Crippen LogP contribution is 2.22. The van der Waals surface area contributed by atoms with Gasteiger partial charge in [-0.3, -0.25) is 9.36 Å². The summed E-state index contributed by atoms with van der Waals surface area (Å²) in [5, 5.41) is 0.793. The van der Waals surface area contributed by atoms with Crippen molar-refractivity contribution >= 4 is 32.9 Å². The van der Waals surface area contributed by atoms with Gasteiger partial charge in [0.05, 0.1) is 22.3 Å². The van der Waals surface area contributed by atoms with Crippen molar-refractivity contribution in [2.24, 2.45) is 0 Å². The molecule has 0 atom stereocenters. The third kappa shape index (κ3) is 4.08. The maximum absolute atomic E-state index is 12.9. The van der Waals surface area contributed by atoms with Gasteiger partial charge in [-0.2, -0.15) is 8.42 Å². The van der Waals surface area contributed by atoms with Crippen LogP contribution in [0.15, 0.2) is 58.5 Å². The Morgan fingerprint density at radius 3 is 2.48 bits per heavy atom. The predicted octanol–water partition coefficient (Wildman–Crippen LogP) is 3.09. The molecule has 8 heteroatoms. The van der Waals surface area contributed by atoms with Crippen molar-refractivity contribution in [3.8, 4) is 5.69 Å². The highest BCUT2D eigenvalue weighted by atomic mass is 32.3. The van der Waals surface area contributed by atoms with Crippen LogP contribution in [0, 0.1) is 6.92 Å². The van der Waals surface area contributed by atoms with E-state index in [0.717, 1.165) is 17.3 Å². The van der Waals surface area contributed by atoms with Crippen LogP contribution in [0.5, 0.6) is 0 Å². The summed E-state index contributed by atoms with van der Waals surface area (Å²) in [4.78, 5) is 17.4. The van der Waals surface area contributed by atoms with Gasteiger partial charge in [-0.25, -0.2) is 4.98 Å². The first kappa shape index (κ1) is 17.6. The molecule has 1 heterocycles. The lowest BCUT2D eigenvalue weighted by atomic mass is 10.2. The molecule has 0 aliphatic rings. The quantitative estimate of drug-likeness (QED) is 0.388. The summed E-state index contributed by atoms with van der Waals surface area (Å²) < 4.78 is 35.6. The average Bonchev–Trinajstić information content (AvgIpc) is 2.55. The Hall–Kier alpha value is -2.19. The van der Waals surface area contributed by atoms with Gasteiger partial charge in [0.15, 0.2) is 5.16 Å². The van der Waals surface area contributed by atoms with Gasteiger partial charge in [0, 0.05) is 5.75 Å². The fourth-order valence-electron chi connectivity index (χ4n) is 2.36. The third-order valence-electron chi connectivity index (χ3n) is 3.60. The lowest BCUT2D eigenvalue weighted by Gasteiger charge is -2.13. The number of nitrogens with zero attached hydrogens (tertiary/aromatic N) is 2. The zero-order chi connectivity index (χ0) is 18.0. The first-order valence-electron chi connectivity index (χ1n) is 7.49. The Bertz CT molecular complexity index is 1080. The minimum Gasteiger partial charge on any atom is -0.268 e. The summed E-state index contributed by atoms with van der Waals surface area (Å²) in [7, 11) is -4.57. The van der Waals surface area contributed by atoms with Gasteiger partial charge in [-0.1, -0.05) is 41.6 Å². The molecule has 130 valence electrons. The number of rotatable bonds is 5. The second kappa shape index (κ2) is 6.97. The maximum atomic E-state index is 12.9. The van der Waals surface area contributed by atoms with E-state index < -0.39 is 16.0 Å². The van der Waals surface area contributed by atoms with Crippen LogP contribution >= 0.6 is 11.8 Å². The third-order valence-corrected chi connectivity index (χ3v) is 5.49. The summed E-state index contributed by atoms with van der Waals surface area (Å²) >= 11 is 1.03. The molecule has 0 aliphatic carbocycles. The lowest BCUT2D eigenvalue weighted by Crippen LogP contribution is -2.22. The topological polar surface area (TPSA) is 69.0 Å². The molecule has 0 N–H and O–H groups in total. The van der Waals surface area contributed by atoms with E-state index in [0.29, 0.717) is 21.7 Å². The van der Waals surface area contributed by atoms with E-state index in [4.69, 9.17) is 0 Å². The van der Waals surface area contributed by atoms with E-state index in [1.54, 1.807) is 36.4 Å². The van der Waals surface area contributed by atoms with E-state index in [1.165, 1.54) is 4.57 Å². The molecule has 3 aromatic rings. The van der Waals surface area contributed by atoms with E-state index in [-0.39, 0.29) is 11.3 Å². The molecule has 0 unspecified atom stereocenters. The molecule has 0 amide bonds. The smallest absolute Gasteiger partial charge is 0.268 e. The second-order valence-corrected chi connectivity index (χ2v) is 8.03. The molecule has 1 aromatic heterocycles. The van der Waals surface area contributed by atoms with Gasteiger partial charge in [-0.15, -0.1) is 3.89 Å². The van der Waals surface area contributed by atoms with Crippen molar-refractivity contribution in [3.63, 3.8) is 0 Å². The van der Waals surface area contributed by atoms with Crippen LogP contribution in [-0.4, -0.2) is 29.5 Å². The van der Waals surface area contributed by atoms with Gasteiger partial charge >= 0.3 is 10.2 Å². The molecule has 0 spiro atoms. The maximum Gasteiger partial charge on any atom is 0.303 e. The van der Waals surface area contributed by atoms with Crippen LogP contribution in [0.25, 0.3) is 16.6 Å². The largest absolute Gasteiger partial charge is 0.303 e.